The Bertz CT molecular complexity index is 373. The van der Waals surface area contributed by atoms with Crippen LogP contribution in [0.4, 0.5) is 11.4 Å². The number of piperazine rings is 1. The fraction of sp³-hybridized carbons (Fsp3) is 0.538. The number of nitrogens with two attached hydrogens (primary N) is 1. The molecule has 0 bridgehead atoms. The van der Waals surface area contributed by atoms with Crippen LogP contribution in [0.3, 0.4) is 0 Å². The second kappa shape index (κ2) is 3.98. The number of likely N-dealkylation sites (N-methyl/N-ethyl adjacent to an activating group) is 1. The van der Waals surface area contributed by atoms with E-state index in [1.807, 2.05) is 12.1 Å². The van der Waals surface area contributed by atoms with Crippen LogP contribution in [0.25, 0.3) is 0 Å². The van der Waals surface area contributed by atoms with Crippen LogP contribution in [0.1, 0.15) is 13.8 Å². The highest BCUT2D eigenvalue weighted by atomic mass is 15.3. The van der Waals surface area contributed by atoms with Gasteiger partial charge in [0.1, 0.15) is 0 Å². The van der Waals surface area contributed by atoms with Gasteiger partial charge in [0.25, 0.3) is 0 Å². The summed E-state index contributed by atoms with van der Waals surface area (Å²) in [7, 11) is 2.19. The Morgan fingerprint density at radius 2 is 1.88 bits per heavy atom. The van der Waals surface area contributed by atoms with E-state index in [0.29, 0.717) is 0 Å². The van der Waals surface area contributed by atoms with E-state index in [2.05, 4.69) is 42.8 Å². The van der Waals surface area contributed by atoms with Gasteiger partial charge in [-0.15, -0.1) is 0 Å². The number of para-hydroxylation sites is 2. The third kappa shape index (κ3) is 2.00. The van der Waals surface area contributed by atoms with Crippen LogP contribution in [-0.4, -0.2) is 37.1 Å². The summed E-state index contributed by atoms with van der Waals surface area (Å²) < 4.78 is 0. The zero-order valence-electron chi connectivity index (χ0n) is 10.4. The minimum absolute atomic E-state index is 0.209. The minimum Gasteiger partial charge on any atom is -0.397 e. The lowest BCUT2D eigenvalue weighted by atomic mass is 9.99. The molecule has 1 aliphatic rings. The average molecular weight is 219 g/mol. The molecular weight excluding hydrogens is 198 g/mol. The Labute approximate surface area is 97.8 Å². The summed E-state index contributed by atoms with van der Waals surface area (Å²) in [4.78, 5) is 4.79. The van der Waals surface area contributed by atoms with Gasteiger partial charge in [-0.3, -0.25) is 4.90 Å². The number of hydrogen-bond acceptors (Lipinski definition) is 3. The van der Waals surface area contributed by atoms with Crippen molar-refractivity contribution in [3.63, 3.8) is 0 Å². The lowest BCUT2D eigenvalue weighted by Gasteiger charge is -2.46. The SMILES string of the molecule is CN1CCN(c2ccccc2N)CC1(C)C. The third-order valence-corrected chi connectivity index (χ3v) is 3.59. The first kappa shape index (κ1) is 11.3. The summed E-state index contributed by atoms with van der Waals surface area (Å²) in [6.07, 6.45) is 0. The van der Waals surface area contributed by atoms with Crippen LogP contribution in [0, 0.1) is 0 Å². The second-order valence-corrected chi connectivity index (χ2v) is 5.21. The van der Waals surface area contributed by atoms with Crippen LogP contribution >= 0.6 is 0 Å². The van der Waals surface area contributed by atoms with Crippen LogP contribution in [0.5, 0.6) is 0 Å². The monoisotopic (exact) mass is 219 g/mol. The average Bonchev–Trinajstić information content (AvgIpc) is 2.23. The molecule has 1 saturated heterocycles. The van der Waals surface area contributed by atoms with Gasteiger partial charge in [-0.1, -0.05) is 12.1 Å². The molecule has 1 aromatic carbocycles. The van der Waals surface area contributed by atoms with Gasteiger partial charge in [-0.25, -0.2) is 0 Å². The van der Waals surface area contributed by atoms with Crippen LogP contribution in [0.2, 0.25) is 0 Å². The summed E-state index contributed by atoms with van der Waals surface area (Å²) in [6, 6.07) is 8.12. The van der Waals surface area contributed by atoms with Crippen LogP contribution in [0.15, 0.2) is 24.3 Å². The highest BCUT2D eigenvalue weighted by Gasteiger charge is 2.31. The Kier molecular flexibility index (Phi) is 2.80. The van der Waals surface area contributed by atoms with Gasteiger partial charge in [-0.05, 0) is 33.0 Å². The summed E-state index contributed by atoms with van der Waals surface area (Å²) in [5, 5.41) is 0. The highest BCUT2D eigenvalue weighted by Crippen LogP contribution is 2.28. The lowest BCUT2D eigenvalue weighted by molar-refractivity contribution is 0.139. The maximum atomic E-state index is 6.02. The van der Waals surface area contributed by atoms with Crippen molar-refractivity contribution in [2.75, 3.05) is 37.3 Å². The molecule has 2 rings (SSSR count). The molecule has 0 atom stereocenters. The van der Waals surface area contributed by atoms with E-state index in [9.17, 15) is 0 Å². The first-order chi connectivity index (χ1) is 7.50. The van der Waals surface area contributed by atoms with Crippen molar-refractivity contribution in [1.29, 1.82) is 0 Å². The highest BCUT2D eigenvalue weighted by molar-refractivity contribution is 5.67. The van der Waals surface area contributed by atoms with E-state index in [1.54, 1.807) is 0 Å². The maximum absolute atomic E-state index is 6.02. The van der Waals surface area contributed by atoms with Crippen molar-refractivity contribution in [1.82, 2.24) is 4.90 Å². The first-order valence-electron chi connectivity index (χ1n) is 5.81. The molecule has 88 valence electrons. The van der Waals surface area contributed by atoms with Crippen molar-refractivity contribution < 1.29 is 0 Å². The zero-order chi connectivity index (χ0) is 11.8. The lowest BCUT2D eigenvalue weighted by Crippen LogP contribution is -2.57. The largest absolute Gasteiger partial charge is 0.397 e. The maximum Gasteiger partial charge on any atom is 0.0601 e. The summed E-state index contributed by atoms with van der Waals surface area (Å²) in [5.74, 6) is 0. The minimum atomic E-state index is 0.209. The van der Waals surface area contributed by atoms with Crippen molar-refractivity contribution in [2.24, 2.45) is 0 Å². The fourth-order valence-electron chi connectivity index (χ4n) is 2.22. The molecule has 0 saturated carbocycles. The zero-order valence-corrected chi connectivity index (χ0v) is 10.4. The van der Waals surface area contributed by atoms with E-state index < -0.39 is 0 Å². The Morgan fingerprint density at radius 3 is 2.50 bits per heavy atom. The molecule has 3 heteroatoms. The Morgan fingerprint density at radius 1 is 1.19 bits per heavy atom. The summed E-state index contributed by atoms with van der Waals surface area (Å²) in [6.45, 7) is 7.71. The molecule has 2 N–H and O–H groups in total. The molecule has 3 nitrogen and oxygen atoms in total. The van der Waals surface area contributed by atoms with Crippen molar-refractivity contribution in [2.45, 2.75) is 19.4 Å². The molecule has 0 unspecified atom stereocenters. The van der Waals surface area contributed by atoms with Crippen LogP contribution < -0.4 is 10.6 Å². The molecule has 0 aromatic heterocycles. The third-order valence-electron chi connectivity index (χ3n) is 3.59. The Hall–Kier alpha value is -1.22. The molecule has 0 spiro atoms. The first-order valence-corrected chi connectivity index (χ1v) is 5.81. The number of anilines is 2. The van der Waals surface area contributed by atoms with Gasteiger partial charge in [0.2, 0.25) is 0 Å². The number of rotatable bonds is 1. The molecule has 1 fully saturated rings. The van der Waals surface area contributed by atoms with Crippen molar-refractivity contribution in [3.8, 4) is 0 Å². The van der Waals surface area contributed by atoms with Crippen molar-refractivity contribution >= 4 is 11.4 Å². The molecule has 0 radical (unpaired) electrons. The van der Waals surface area contributed by atoms with Gasteiger partial charge in [0.05, 0.1) is 11.4 Å². The molecule has 1 aromatic rings. The molecule has 0 amide bonds. The van der Waals surface area contributed by atoms with Gasteiger partial charge in [0, 0.05) is 25.2 Å². The standard InChI is InChI=1S/C13H21N3/c1-13(2)10-16(9-8-15(13)3)12-7-5-4-6-11(12)14/h4-7H,8-10,14H2,1-3H3. The Balaban J connectivity index is 2.21. The topological polar surface area (TPSA) is 32.5 Å². The van der Waals surface area contributed by atoms with E-state index in [-0.39, 0.29) is 5.54 Å². The number of benzene rings is 1. The summed E-state index contributed by atoms with van der Waals surface area (Å²) >= 11 is 0. The predicted octanol–water partition coefficient (Wildman–Crippen LogP) is 1.80. The quantitative estimate of drug-likeness (QED) is 0.731. The van der Waals surface area contributed by atoms with Gasteiger partial charge in [0.15, 0.2) is 0 Å². The van der Waals surface area contributed by atoms with Crippen molar-refractivity contribution in [3.05, 3.63) is 24.3 Å². The second-order valence-electron chi connectivity index (χ2n) is 5.21. The van der Waals surface area contributed by atoms with Crippen LogP contribution in [-0.2, 0) is 0 Å². The van der Waals surface area contributed by atoms with Gasteiger partial charge >= 0.3 is 0 Å². The molecular formula is C13H21N3. The fourth-order valence-corrected chi connectivity index (χ4v) is 2.22. The normalized spacial score (nSPS) is 21.1. The molecule has 0 aliphatic carbocycles. The van der Waals surface area contributed by atoms with Gasteiger partial charge < -0.3 is 10.6 Å². The van der Waals surface area contributed by atoms with E-state index >= 15 is 0 Å². The number of nitrogen functional groups attached to an aromatic ring is 1. The summed E-state index contributed by atoms with van der Waals surface area (Å²) in [5.41, 5.74) is 8.28. The van der Waals surface area contributed by atoms with E-state index in [1.165, 1.54) is 5.69 Å². The van der Waals surface area contributed by atoms with E-state index in [4.69, 9.17) is 5.73 Å². The molecule has 1 aliphatic heterocycles. The number of hydrogen-bond donors (Lipinski definition) is 1. The molecule has 1 heterocycles. The van der Waals surface area contributed by atoms with E-state index in [0.717, 1.165) is 25.3 Å². The smallest absolute Gasteiger partial charge is 0.0601 e. The molecule has 16 heavy (non-hydrogen) atoms. The predicted molar refractivity (Wildman–Crippen MR) is 69.8 cm³/mol. The number of nitrogens with zero attached hydrogens (tertiary/aromatic N) is 2. The van der Waals surface area contributed by atoms with Gasteiger partial charge in [-0.2, -0.15) is 0 Å².